The van der Waals surface area contributed by atoms with Crippen LogP contribution in [0.15, 0.2) is 42.5 Å². The van der Waals surface area contributed by atoms with E-state index >= 15 is 0 Å². The van der Waals surface area contributed by atoms with E-state index in [-0.39, 0.29) is 5.56 Å². The van der Waals surface area contributed by atoms with Gasteiger partial charge >= 0.3 is 0 Å². The van der Waals surface area contributed by atoms with E-state index in [4.69, 9.17) is 4.74 Å². The number of hydrogen-bond donors (Lipinski definition) is 2. The third-order valence-electron chi connectivity index (χ3n) is 3.18. The molecule has 0 spiro atoms. The summed E-state index contributed by atoms with van der Waals surface area (Å²) in [6.07, 6.45) is 0.894. The maximum Gasteiger partial charge on any atom is 0.255 e. The van der Waals surface area contributed by atoms with Crippen LogP contribution in [0.2, 0.25) is 0 Å². The summed E-state index contributed by atoms with van der Waals surface area (Å²) >= 11 is 0. The van der Waals surface area contributed by atoms with Crippen molar-refractivity contribution in [1.82, 2.24) is 0 Å². The smallest absolute Gasteiger partial charge is 0.255 e. The molecule has 23 heavy (non-hydrogen) atoms. The molecule has 2 aromatic carbocycles. The Kier molecular flexibility index (Phi) is 6.05. The van der Waals surface area contributed by atoms with Crippen LogP contribution in [-0.2, 0) is 4.74 Å². The quantitative estimate of drug-likeness (QED) is 0.765. The predicted octanol–water partition coefficient (Wildman–Crippen LogP) is 3.67. The summed E-state index contributed by atoms with van der Waals surface area (Å²) in [7, 11) is 1.66. The van der Waals surface area contributed by atoms with Gasteiger partial charge in [0, 0.05) is 37.2 Å². The maximum atomic E-state index is 13.1. The third-order valence-corrected chi connectivity index (χ3v) is 3.18. The molecule has 0 aliphatic rings. The molecule has 0 fully saturated rings. The van der Waals surface area contributed by atoms with Gasteiger partial charge in [-0.25, -0.2) is 8.78 Å². The number of rotatable bonds is 7. The van der Waals surface area contributed by atoms with Crippen molar-refractivity contribution in [3.63, 3.8) is 0 Å². The van der Waals surface area contributed by atoms with Crippen molar-refractivity contribution in [2.75, 3.05) is 30.9 Å². The summed E-state index contributed by atoms with van der Waals surface area (Å²) in [5.41, 5.74) is 1.56. The van der Waals surface area contributed by atoms with Gasteiger partial charge in [-0.1, -0.05) is 0 Å². The zero-order valence-electron chi connectivity index (χ0n) is 12.7. The molecule has 0 heterocycles. The van der Waals surface area contributed by atoms with E-state index in [9.17, 15) is 13.6 Å². The van der Waals surface area contributed by atoms with Crippen molar-refractivity contribution < 1.29 is 18.3 Å². The van der Waals surface area contributed by atoms with Crippen LogP contribution >= 0.6 is 0 Å². The first-order valence-electron chi connectivity index (χ1n) is 7.19. The SMILES string of the molecule is COCCCNc1ccc(NC(=O)c2ccc(F)c(F)c2)cc1. The van der Waals surface area contributed by atoms with Crippen LogP contribution in [0.1, 0.15) is 16.8 Å². The van der Waals surface area contributed by atoms with Crippen LogP contribution in [-0.4, -0.2) is 26.2 Å². The lowest BCUT2D eigenvalue weighted by molar-refractivity contribution is 0.102. The molecule has 0 bridgehead atoms. The lowest BCUT2D eigenvalue weighted by atomic mass is 10.2. The number of nitrogens with one attached hydrogen (secondary N) is 2. The number of halogens is 2. The molecule has 0 radical (unpaired) electrons. The van der Waals surface area contributed by atoms with Gasteiger partial charge in [0.2, 0.25) is 0 Å². The lowest BCUT2D eigenvalue weighted by Gasteiger charge is -2.09. The zero-order chi connectivity index (χ0) is 16.7. The molecule has 1 amide bonds. The van der Waals surface area contributed by atoms with Gasteiger partial charge in [-0.2, -0.15) is 0 Å². The Morgan fingerprint density at radius 1 is 1.04 bits per heavy atom. The monoisotopic (exact) mass is 320 g/mol. The van der Waals surface area contributed by atoms with E-state index in [1.807, 2.05) is 12.1 Å². The van der Waals surface area contributed by atoms with Gasteiger partial charge in [0.05, 0.1) is 0 Å². The molecule has 0 atom stereocenters. The number of amides is 1. The molecular weight excluding hydrogens is 302 g/mol. The molecular formula is C17H18F2N2O2. The minimum absolute atomic E-state index is 0.0608. The van der Waals surface area contributed by atoms with Crippen LogP contribution in [0, 0.1) is 11.6 Å². The lowest BCUT2D eigenvalue weighted by Crippen LogP contribution is -2.12. The minimum Gasteiger partial charge on any atom is -0.385 e. The minimum atomic E-state index is -1.05. The highest BCUT2D eigenvalue weighted by molar-refractivity contribution is 6.04. The fraction of sp³-hybridized carbons (Fsp3) is 0.235. The van der Waals surface area contributed by atoms with Gasteiger partial charge in [-0.15, -0.1) is 0 Å². The number of ether oxygens (including phenoxy) is 1. The van der Waals surface area contributed by atoms with Gasteiger partial charge in [0.25, 0.3) is 5.91 Å². The number of benzene rings is 2. The number of hydrogen-bond acceptors (Lipinski definition) is 3. The average molecular weight is 320 g/mol. The van der Waals surface area contributed by atoms with Crippen LogP contribution < -0.4 is 10.6 Å². The van der Waals surface area contributed by atoms with E-state index in [0.29, 0.717) is 12.3 Å². The number of carbonyl (C=O) groups excluding carboxylic acids is 1. The fourth-order valence-corrected chi connectivity index (χ4v) is 1.96. The van der Waals surface area contributed by atoms with Gasteiger partial charge in [-0.3, -0.25) is 4.79 Å². The summed E-state index contributed by atoms with van der Waals surface area (Å²) in [4.78, 5) is 12.0. The van der Waals surface area contributed by atoms with Crippen molar-refractivity contribution in [3.05, 3.63) is 59.7 Å². The highest BCUT2D eigenvalue weighted by Crippen LogP contribution is 2.15. The summed E-state index contributed by atoms with van der Waals surface area (Å²) < 4.78 is 31.0. The molecule has 2 aromatic rings. The Balaban J connectivity index is 1.92. The van der Waals surface area contributed by atoms with E-state index < -0.39 is 17.5 Å². The van der Waals surface area contributed by atoms with Gasteiger partial charge in [0.15, 0.2) is 11.6 Å². The summed E-state index contributed by atoms with van der Waals surface area (Å²) in [5, 5.41) is 5.85. The molecule has 0 aliphatic carbocycles. The molecule has 122 valence electrons. The molecule has 2 rings (SSSR count). The van der Waals surface area contributed by atoms with Gasteiger partial charge in [-0.05, 0) is 48.9 Å². The van der Waals surface area contributed by atoms with Crippen molar-refractivity contribution in [2.45, 2.75) is 6.42 Å². The highest BCUT2D eigenvalue weighted by Gasteiger charge is 2.09. The Hall–Kier alpha value is -2.47. The topological polar surface area (TPSA) is 50.4 Å². The van der Waals surface area contributed by atoms with Gasteiger partial charge < -0.3 is 15.4 Å². The van der Waals surface area contributed by atoms with Crippen molar-refractivity contribution in [2.24, 2.45) is 0 Å². The highest BCUT2D eigenvalue weighted by atomic mass is 19.2. The summed E-state index contributed by atoms with van der Waals surface area (Å²) in [6.45, 7) is 1.48. The molecule has 0 aliphatic heterocycles. The molecule has 0 aromatic heterocycles. The summed E-state index contributed by atoms with van der Waals surface area (Å²) in [5.74, 6) is -2.52. The third kappa shape index (κ3) is 5.03. The van der Waals surface area contributed by atoms with E-state index in [1.54, 1.807) is 19.2 Å². The second-order valence-electron chi connectivity index (χ2n) is 4.93. The Bertz CT molecular complexity index is 660. The number of methoxy groups -OCH3 is 1. The molecule has 0 saturated carbocycles. The first kappa shape index (κ1) is 16.9. The van der Waals surface area contributed by atoms with Crippen LogP contribution in [0.5, 0.6) is 0 Å². The fourth-order valence-electron chi connectivity index (χ4n) is 1.96. The van der Waals surface area contributed by atoms with Crippen LogP contribution in [0.3, 0.4) is 0 Å². The first-order chi connectivity index (χ1) is 11.1. The van der Waals surface area contributed by atoms with Crippen LogP contribution in [0.4, 0.5) is 20.2 Å². The Morgan fingerprint density at radius 3 is 2.39 bits per heavy atom. The van der Waals surface area contributed by atoms with Crippen LogP contribution in [0.25, 0.3) is 0 Å². The normalized spacial score (nSPS) is 10.4. The molecule has 0 unspecified atom stereocenters. The second kappa shape index (κ2) is 8.24. The largest absolute Gasteiger partial charge is 0.385 e. The van der Waals surface area contributed by atoms with E-state index in [1.165, 1.54) is 6.07 Å². The Morgan fingerprint density at radius 2 is 1.74 bits per heavy atom. The van der Waals surface area contributed by atoms with Crippen molar-refractivity contribution >= 4 is 17.3 Å². The molecule has 2 N–H and O–H groups in total. The predicted molar refractivity (Wildman–Crippen MR) is 85.7 cm³/mol. The number of anilines is 2. The summed E-state index contributed by atoms with van der Waals surface area (Å²) in [6, 6.07) is 10.2. The number of carbonyl (C=O) groups is 1. The van der Waals surface area contributed by atoms with Gasteiger partial charge in [0.1, 0.15) is 0 Å². The van der Waals surface area contributed by atoms with Crippen molar-refractivity contribution in [3.8, 4) is 0 Å². The zero-order valence-corrected chi connectivity index (χ0v) is 12.7. The standard InChI is InChI=1S/C17H18F2N2O2/c1-23-10-2-9-20-13-4-6-14(7-5-13)21-17(22)12-3-8-15(18)16(19)11-12/h3-8,11,20H,2,9-10H2,1H3,(H,21,22). The Labute approximate surface area is 133 Å². The van der Waals surface area contributed by atoms with E-state index in [2.05, 4.69) is 10.6 Å². The molecule has 4 nitrogen and oxygen atoms in total. The van der Waals surface area contributed by atoms with E-state index in [0.717, 1.165) is 30.8 Å². The maximum absolute atomic E-state index is 13.1. The molecule has 6 heteroatoms. The second-order valence-corrected chi connectivity index (χ2v) is 4.93. The average Bonchev–Trinajstić information content (AvgIpc) is 2.55. The van der Waals surface area contributed by atoms with Crippen molar-refractivity contribution in [1.29, 1.82) is 0 Å². The molecule has 0 saturated heterocycles. The first-order valence-corrected chi connectivity index (χ1v) is 7.19.